The summed E-state index contributed by atoms with van der Waals surface area (Å²) >= 11 is 0. The van der Waals surface area contributed by atoms with Gasteiger partial charge in [0.05, 0.1) is 25.7 Å². The van der Waals surface area contributed by atoms with Crippen molar-refractivity contribution in [3.63, 3.8) is 0 Å². The predicted octanol–water partition coefficient (Wildman–Crippen LogP) is -0.269. The largest absolute Gasteiger partial charge is 0.381 e. The zero-order chi connectivity index (χ0) is 22.3. The Morgan fingerprint density at radius 1 is 1.03 bits per heavy atom. The van der Waals surface area contributed by atoms with E-state index in [4.69, 9.17) is 9.47 Å². The molecular weight excluding hydrogens is 402 g/mol. The van der Waals surface area contributed by atoms with Crippen LogP contribution in [-0.4, -0.2) is 68.1 Å². The molecule has 31 heavy (non-hydrogen) atoms. The molecule has 2 aliphatic heterocycles. The minimum Gasteiger partial charge on any atom is -0.381 e. The van der Waals surface area contributed by atoms with Crippen molar-refractivity contribution in [1.82, 2.24) is 16.0 Å². The quantitative estimate of drug-likeness (QED) is 0.438. The molecule has 3 amide bonds. The number of hydrogen-bond acceptors (Lipinski definition) is 6. The zero-order valence-electron chi connectivity index (χ0n) is 17.6. The van der Waals surface area contributed by atoms with Crippen molar-refractivity contribution in [1.29, 1.82) is 0 Å². The molecule has 3 N–H and O–H groups in total. The third-order valence-electron chi connectivity index (χ3n) is 5.49. The van der Waals surface area contributed by atoms with Gasteiger partial charge in [0, 0.05) is 19.1 Å². The zero-order valence-corrected chi connectivity index (χ0v) is 17.6. The van der Waals surface area contributed by atoms with E-state index in [9.17, 15) is 19.2 Å². The highest BCUT2D eigenvalue weighted by Crippen LogP contribution is 2.29. The number of epoxide rings is 1. The van der Waals surface area contributed by atoms with Crippen LogP contribution in [0.4, 0.5) is 0 Å². The van der Waals surface area contributed by atoms with E-state index in [-0.39, 0.29) is 30.7 Å². The first kappa shape index (κ1) is 22.9. The molecule has 2 atom stereocenters. The summed E-state index contributed by atoms with van der Waals surface area (Å²) in [5, 5.41) is 7.76. The van der Waals surface area contributed by atoms with E-state index in [0.29, 0.717) is 39.1 Å². The van der Waals surface area contributed by atoms with E-state index in [2.05, 4.69) is 16.0 Å². The van der Waals surface area contributed by atoms with Gasteiger partial charge in [-0.3, -0.25) is 19.2 Å². The molecule has 1 aromatic carbocycles. The van der Waals surface area contributed by atoms with Crippen LogP contribution < -0.4 is 16.0 Å². The van der Waals surface area contributed by atoms with Gasteiger partial charge in [0.1, 0.15) is 5.60 Å². The van der Waals surface area contributed by atoms with Crippen molar-refractivity contribution in [2.45, 2.75) is 37.8 Å². The van der Waals surface area contributed by atoms with Crippen molar-refractivity contribution < 1.29 is 28.7 Å². The SMILES string of the molecule is C[C@]1(C(=O)C(Cc2ccccc2)NC(=O)CNC(=O)CNC(=O)C2CCOCC2)CO1. The maximum absolute atomic E-state index is 12.7. The monoisotopic (exact) mass is 431 g/mol. The molecule has 9 nitrogen and oxygen atoms in total. The topological polar surface area (TPSA) is 126 Å². The number of benzene rings is 1. The highest BCUT2D eigenvalue weighted by Gasteiger charge is 2.50. The Morgan fingerprint density at radius 3 is 2.32 bits per heavy atom. The molecule has 2 aliphatic rings. The molecule has 9 heteroatoms. The summed E-state index contributed by atoms with van der Waals surface area (Å²) in [6.45, 7) is 2.61. The fourth-order valence-electron chi connectivity index (χ4n) is 3.44. The lowest BCUT2D eigenvalue weighted by Gasteiger charge is -2.21. The molecule has 0 aromatic heterocycles. The molecule has 1 unspecified atom stereocenters. The van der Waals surface area contributed by atoms with Crippen LogP contribution in [0.3, 0.4) is 0 Å². The first-order valence-corrected chi connectivity index (χ1v) is 10.5. The van der Waals surface area contributed by atoms with Gasteiger partial charge in [-0.05, 0) is 31.7 Å². The number of nitrogens with one attached hydrogen (secondary N) is 3. The van der Waals surface area contributed by atoms with E-state index >= 15 is 0 Å². The summed E-state index contributed by atoms with van der Waals surface area (Å²) < 4.78 is 10.5. The Bertz CT molecular complexity index is 803. The number of hydrogen-bond donors (Lipinski definition) is 3. The van der Waals surface area contributed by atoms with Gasteiger partial charge in [0.2, 0.25) is 17.7 Å². The lowest BCUT2D eigenvalue weighted by atomic mass is 9.95. The first-order chi connectivity index (χ1) is 14.9. The summed E-state index contributed by atoms with van der Waals surface area (Å²) in [7, 11) is 0. The molecule has 0 saturated carbocycles. The van der Waals surface area contributed by atoms with Gasteiger partial charge >= 0.3 is 0 Å². The van der Waals surface area contributed by atoms with Crippen LogP contribution in [0, 0.1) is 5.92 Å². The van der Waals surface area contributed by atoms with Gasteiger partial charge < -0.3 is 25.4 Å². The minimum absolute atomic E-state index is 0.152. The molecule has 168 valence electrons. The summed E-state index contributed by atoms with van der Waals surface area (Å²) in [6.07, 6.45) is 1.60. The number of rotatable bonds is 10. The van der Waals surface area contributed by atoms with Crippen LogP contribution in [0.15, 0.2) is 30.3 Å². The van der Waals surface area contributed by atoms with Gasteiger partial charge in [-0.25, -0.2) is 0 Å². The average Bonchev–Trinajstić information content (AvgIpc) is 3.55. The smallest absolute Gasteiger partial charge is 0.239 e. The number of ketones is 1. The van der Waals surface area contributed by atoms with E-state index in [1.807, 2.05) is 30.3 Å². The fourth-order valence-corrected chi connectivity index (χ4v) is 3.44. The maximum Gasteiger partial charge on any atom is 0.239 e. The molecule has 1 aromatic rings. The van der Waals surface area contributed by atoms with Crippen molar-refractivity contribution in [2.24, 2.45) is 5.92 Å². The number of amides is 3. The second kappa shape index (κ2) is 10.5. The van der Waals surface area contributed by atoms with Crippen LogP contribution in [0.5, 0.6) is 0 Å². The first-order valence-electron chi connectivity index (χ1n) is 10.5. The highest BCUT2D eigenvalue weighted by molar-refractivity contribution is 5.97. The van der Waals surface area contributed by atoms with Crippen LogP contribution in [0.2, 0.25) is 0 Å². The Labute approximate surface area is 181 Å². The van der Waals surface area contributed by atoms with E-state index in [1.165, 1.54) is 0 Å². The van der Waals surface area contributed by atoms with Crippen molar-refractivity contribution in [3.05, 3.63) is 35.9 Å². The summed E-state index contributed by atoms with van der Waals surface area (Å²) in [4.78, 5) is 49.2. The maximum atomic E-state index is 12.7. The van der Waals surface area contributed by atoms with Crippen molar-refractivity contribution >= 4 is 23.5 Å². The molecule has 2 saturated heterocycles. The standard InChI is InChI=1S/C22H29N3O6/c1-22(14-31-22)20(28)17(11-15-5-3-2-4-6-15)25-19(27)13-23-18(26)12-24-21(29)16-7-9-30-10-8-16/h2-6,16-17H,7-14H2,1H3,(H,23,26)(H,24,29)(H,25,27)/t17?,22-/m1/s1. The number of ether oxygens (including phenoxy) is 2. The van der Waals surface area contributed by atoms with E-state index < -0.39 is 23.5 Å². The normalized spacial score (nSPS) is 21.6. The Balaban J connectivity index is 1.44. The lowest BCUT2D eigenvalue weighted by molar-refractivity contribution is -0.132. The minimum atomic E-state index is -0.871. The third-order valence-corrected chi connectivity index (χ3v) is 5.49. The molecule has 2 fully saturated rings. The van der Waals surface area contributed by atoms with Crippen LogP contribution in [0.1, 0.15) is 25.3 Å². The Hall–Kier alpha value is -2.78. The second-order valence-electron chi connectivity index (χ2n) is 8.07. The van der Waals surface area contributed by atoms with Crippen molar-refractivity contribution in [2.75, 3.05) is 32.9 Å². The number of Topliss-reactive ketones (excluding diaryl/α,β-unsaturated/α-hetero) is 1. The molecular formula is C22H29N3O6. The van der Waals surface area contributed by atoms with Crippen LogP contribution in [0.25, 0.3) is 0 Å². The third kappa shape index (κ3) is 6.86. The molecule has 2 heterocycles. The van der Waals surface area contributed by atoms with Gasteiger partial charge in [-0.2, -0.15) is 0 Å². The average molecular weight is 431 g/mol. The van der Waals surface area contributed by atoms with Gasteiger partial charge in [-0.1, -0.05) is 30.3 Å². The summed E-state index contributed by atoms with van der Waals surface area (Å²) in [5.74, 6) is -1.49. The Kier molecular flexibility index (Phi) is 7.75. The molecule has 0 bridgehead atoms. The van der Waals surface area contributed by atoms with E-state index in [0.717, 1.165) is 5.56 Å². The lowest BCUT2D eigenvalue weighted by Crippen LogP contribution is -2.50. The van der Waals surface area contributed by atoms with Gasteiger partial charge in [0.15, 0.2) is 5.78 Å². The highest BCUT2D eigenvalue weighted by atomic mass is 16.6. The summed E-state index contributed by atoms with van der Waals surface area (Å²) in [6, 6.07) is 8.61. The van der Waals surface area contributed by atoms with Crippen LogP contribution >= 0.6 is 0 Å². The van der Waals surface area contributed by atoms with Gasteiger partial charge in [-0.15, -0.1) is 0 Å². The van der Waals surface area contributed by atoms with E-state index in [1.54, 1.807) is 6.92 Å². The van der Waals surface area contributed by atoms with Crippen LogP contribution in [-0.2, 0) is 35.1 Å². The van der Waals surface area contributed by atoms with Gasteiger partial charge in [0.25, 0.3) is 0 Å². The number of carbonyl (C=O) groups excluding carboxylic acids is 4. The molecule has 3 rings (SSSR count). The fraction of sp³-hybridized carbons (Fsp3) is 0.545. The predicted molar refractivity (Wildman–Crippen MR) is 111 cm³/mol. The Morgan fingerprint density at radius 2 is 1.68 bits per heavy atom. The van der Waals surface area contributed by atoms with Crippen molar-refractivity contribution in [3.8, 4) is 0 Å². The molecule has 0 radical (unpaired) electrons. The molecule has 0 aliphatic carbocycles. The second-order valence-corrected chi connectivity index (χ2v) is 8.07. The molecule has 0 spiro atoms. The number of carbonyl (C=O) groups is 4. The summed E-state index contributed by atoms with van der Waals surface area (Å²) in [5.41, 5.74) is 0.0370.